The minimum Gasteiger partial charge on any atom is -0.399 e. The smallest absolute Gasteiger partial charge is 0.239 e. The van der Waals surface area contributed by atoms with Gasteiger partial charge in [-0.3, -0.25) is 4.79 Å². The maximum absolute atomic E-state index is 11.5. The van der Waals surface area contributed by atoms with Gasteiger partial charge in [-0.25, -0.2) is 0 Å². The first-order valence-corrected chi connectivity index (χ1v) is 6.45. The number of hydrogen-bond acceptors (Lipinski definition) is 2. The van der Waals surface area contributed by atoms with Gasteiger partial charge >= 0.3 is 0 Å². The standard InChI is InChI=1S/C10H12Br2N2O/c1-6-4-7(2-3-9(6)13)14-10(15)8(12)5-11/h2-4,8H,5,13H2,1H3,(H,14,15). The van der Waals surface area contributed by atoms with Crippen LogP contribution in [0.15, 0.2) is 18.2 Å². The van der Waals surface area contributed by atoms with E-state index < -0.39 is 0 Å². The average molecular weight is 336 g/mol. The monoisotopic (exact) mass is 334 g/mol. The molecule has 15 heavy (non-hydrogen) atoms. The third kappa shape index (κ3) is 3.50. The summed E-state index contributed by atoms with van der Waals surface area (Å²) in [4.78, 5) is 11.3. The van der Waals surface area contributed by atoms with Crippen LogP contribution in [-0.2, 0) is 4.79 Å². The Hall–Kier alpha value is -0.550. The SMILES string of the molecule is Cc1cc(NC(=O)C(Br)CBr)ccc1N. The number of benzene rings is 1. The zero-order valence-corrected chi connectivity index (χ0v) is 11.4. The van der Waals surface area contributed by atoms with Crippen molar-refractivity contribution >= 4 is 49.1 Å². The van der Waals surface area contributed by atoms with E-state index in [9.17, 15) is 4.79 Å². The predicted molar refractivity (Wildman–Crippen MR) is 70.7 cm³/mol. The van der Waals surface area contributed by atoms with Gasteiger partial charge in [-0.05, 0) is 30.7 Å². The summed E-state index contributed by atoms with van der Waals surface area (Å²) in [6, 6.07) is 5.41. The first-order chi connectivity index (χ1) is 7.04. The van der Waals surface area contributed by atoms with E-state index >= 15 is 0 Å². The molecule has 0 bridgehead atoms. The molecule has 0 aliphatic rings. The number of nitrogens with one attached hydrogen (secondary N) is 1. The third-order valence-electron chi connectivity index (χ3n) is 1.96. The van der Waals surface area contributed by atoms with Crippen LogP contribution in [0.3, 0.4) is 0 Å². The lowest BCUT2D eigenvalue weighted by Crippen LogP contribution is -2.23. The Balaban J connectivity index is 2.73. The van der Waals surface area contributed by atoms with Crippen molar-refractivity contribution < 1.29 is 4.79 Å². The molecule has 5 heteroatoms. The summed E-state index contributed by atoms with van der Waals surface area (Å²) in [7, 11) is 0. The van der Waals surface area contributed by atoms with Gasteiger partial charge in [0.25, 0.3) is 0 Å². The molecule has 1 aromatic carbocycles. The Morgan fingerprint density at radius 1 is 1.60 bits per heavy atom. The van der Waals surface area contributed by atoms with E-state index in [-0.39, 0.29) is 10.7 Å². The molecule has 3 nitrogen and oxygen atoms in total. The molecule has 0 radical (unpaired) electrons. The highest BCUT2D eigenvalue weighted by Gasteiger charge is 2.13. The second-order valence-electron chi connectivity index (χ2n) is 3.18. The Morgan fingerprint density at radius 3 is 2.80 bits per heavy atom. The van der Waals surface area contributed by atoms with E-state index in [1.807, 2.05) is 13.0 Å². The van der Waals surface area contributed by atoms with Gasteiger partial charge in [0.15, 0.2) is 0 Å². The minimum atomic E-state index is -0.227. The summed E-state index contributed by atoms with van der Waals surface area (Å²) < 4.78 is 0. The quantitative estimate of drug-likeness (QED) is 0.659. The second-order valence-corrected chi connectivity index (χ2v) is 4.94. The first-order valence-electron chi connectivity index (χ1n) is 4.41. The maximum Gasteiger partial charge on any atom is 0.239 e. The van der Waals surface area contributed by atoms with Gasteiger partial charge in [-0.2, -0.15) is 0 Å². The molecule has 0 aliphatic heterocycles. The van der Waals surface area contributed by atoms with Gasteiger partial charge in [0, 0.05) is 16.7 Å². The Labute approximate surface area is 106 Å². The van der Waals surface area contributed by atoms with Gasteiger partial charge in [-0.15, -0.1) is 0 Å². The Bertz CT molecular complexity index is 368. The molecule has 1 atom stereocenters. The van der Waals surface area contributed by atoms with Gasteiger partial charge in [-0.1, -0.05) is 31.9 Å². The molecule has 82 valence electrons. The van der Waals surface area contributed by atoms with Crippen molar-refractivity contribution in [1.82, 2.24) is 0 Å². The van der Waals surface area contributed by atoms with Crippen molar-refractivity contribution in [2.75, 3.05) is 16.4 Å². The van der Waals surface area contributed by atoms with Crippen molar-refractivity contribution in [2.24, 2.45) is 0 Å². The van der Waals surface area contributed by atoms with Crippen molar-refractivity contribution in [3.63, 3.8) is 0 Å². The molecule has 1 unspecified atom stereocenters. The fourth-order valence-electron chi connectivity index (χ4n) is 1.04. The van der Waals surface area contributed by atoms with Crippen LogP contribution < -0.4 is 11.1 Å². The van der Waals surface area contributed by atoms with Gasteiger partial charge in [0.2, 0.25) is 5.91 Å². The lowest BCUT2D eigenvalue weighted by atomic mass is 10.2. The van der Waals surface area contributed by atoms with Crippen LogP contribution >= 0.6 is 31.9 Å². The lowest BCUT2D eigenvalue weighted by molar-refractivity contribution is -0.115. The number of rotatable bonds is 3. The molecule has 1 rings (SSSR count). The lowest BCUT2D eigenvalue weighted by Gasteiger charge is -2.09. The fourth-order valence-corrected chi connectivity index (χ4v) is 1.45. The molecule has 0 spiro atoms. The molecule has 3 N–H and O–H groups in total. The maximum atomic E-state index is 11.5. The van der Waals surface area contributed by atoms with Crippen LogP contribution in [0.1, 0.15) is 5.56 Å². The fraction of sp³-hybridized carbons (Fsp3) is 0.300. The second kappa shape index (κ2) is 5.51. The van der Waals surface area contributed by atoms with E-state index in [0.717, 1.165) is 16.9 Å². The van der Waals surface area contributed by atoms with E-state index in [2.05, 4.69) is 37.2 Å². The van der Waals surface area contributed by atoms with Gasteiger partial charge in [0.05, 0.1) is 0 Å². The molecular weight excluding hydrogens is 324 g/mol. The Morgan fingerprint density at radius 2 is 2.27 bits per heavy atom. The summed E-state index contributed by atoms with van der Waals surface area (Å²) in [5.41, 5.74) is 8.12. The van der Waals surface area contributed by atoms with Crippen LogP contribution in [0.5, 0.6) is 0 Å². The molecule has 1 amide bonds. The molecular formula is C10H12Br2N2O. The van der Waals surface area contributed by atoms with Crippen molar-refractivity contribution in [1.29, 1.82) is 0 Å². The molecule has 0 saturated heterocycles. The molecule has 0 aromatic heterocycles. The normalized spacial score (nSPS) is 12.2. The van der Waals surface area contributed by atoms with Gasteiger partial charge < -0.3 is 11.1 Å². The van der Waals surface area contributed by atoms with Crippen LogP contribution in [0.4, 0.5) is 11.4 Å². The van der Waals surface area contributed by atoms with Crippen LogP contribution in [0, 0.1) is 6.92 Å². The number of nitrogens with two attached hydrogens (primary N) is 1. The van der Waals surface area contributed by atoms with Crippen LogP contribution in [-0.4, -0.2) is 16.1 Å². The van der Waals surface area contributed by atoms with Crippen molar-refractivity contribution in [3.8, 4) is 0 Å². The van der Waals surface area contributed by atoms with E-state index in [1.165, 1.54) is 0 Å². The third-order valence-corrected chi connectivity index (χ3v) is 4.21. The van der Waals surface area contributed by atoms with Crippen molar-refractivity contribution in [2.45, 2.75) is 11.8 Å². The summed E-state index contributed by atoms with van der Waals surface area (Å²) in [5, 5.41) is 3.37. The number of alkyl halides is 2. The molecule has 0 saturated carbocycles. The zero-order chi connectivity index (χ0) is 11.4. The van der Waals surface area contributed by atoms with E-state index in [1.54, 1.807) is 12.1 Å². The molecule has 0 heterocycles. The first kappa shape index (κ1) is 12.5. The number of amides is 1. The number of carbonyl (C=O) groups is 1. The number of aryl methyl sites for hydroxylation is 1. The predicted octanol–water partition coefficient (Wildman–Crippen LogP) is 2.67. The zero-order valence-electron chi connectivity index (χ0n) is 8.26. The van der Waals surface area contributed by atoms with Gasteiger partial charge in [0.1, 0.15) is 4.83 Å². The number of nitrogen functional groups attached to an aromatic ring is 1. The van der Waals surface area contributed by atoms with E-state index in [0.29, 0.717) is 5.33 Å². The molecule has 0 aliphatic carbocycles. The van der Waals surface area contributed by atoms with Crippen molar-refractivity contribution in [3.05, 3.63) is 23.8 Å². The summed E-state index contributed by atoms with van der Waals surface area (Å²) in [5.74, 6) is -0.0731. The summed E-state index contributed by atoms with van der Waals surface area (Å²) in [6.45, 7) is 1.90. The number of halogens is 2. The highest BCUT2D eigenvalue weighted by atomic mass is 79.9. The van der Waals surface area contributed by atoms with E-state index in [4.69, 9.17) is 5.73 Å². The average Bonchev–Trinajstić information content (AvgIpc) is 2.22. The number of anilines is 2. The number of hydrogen-bond donors (Lipinski definition) is 2. The summed E-state index contributed by atoms with van der Waals surface area (Å²) in [6.07, 6.45) is 0. The molecule has 1 aromatic rings. The topological polar surface area (TPSA) is 55.1 Å². The number of carbonyl (C=O) groups excluding carboxylic acids is 1. The molecule has 0 fully saturated rings. The highest BCUT2D eigenvalue weighted by Crippen LogP contribution is 2.17. The Kier molecular flexibility index (Phi) is 4.60. The largest absolute Gasteiger partial charge is 0.399 e. The van der Waals surface area contributed by atoms with Crippen LogP contribution in [0.25, 0.3) is 0 Å². The summed E-state index contributed by atoms with van der Waals surface area (Å²) >= 11 is 6.48. The highest BCUT2D eigenvalue weighted by molar-refractivity contribution is 9.12. The minimum absolute atomic E-state index is 0.0731. The van der Waals surface area contributed by atoms with Crippen LogP contribution in [0.2, 0.25) is 0 Å².